The molecule has 0 saturated carbocycles. The summed E-state index contributed by atoms with van der Waals surface area (Å²) in [5.41, 5.74) is 0.781. The molecule has 1 aromatic carbocycles. The quantitative estimate of drug-likeness (QED) is 0.520. The molecule has 0 aliphatic rings. The smallest absolute Gasteiger partial charge is 0.349 e. The van der Waals surface area contributed by atoms with Crippen LogP contribution >= 0.6 is 0 Å². The first-order valence-corrected chi connectivity index (χ1v) is 3.60. The topological polar surface area (TPSA) is 72.5 Å². The van der Waals surface area contributed by atoms with Gasteiger partial charge in [-0.3, -0.25) is 0 Å². The highest BCUT2D eigenvalue weighted by atomic mass is 16.7. The summed E-state index contributed by atoms with van der Waals surface area (Å²) in [6.45, 7) is 0. The standard InChI is InChI=1S/C9H9NO3/c10-13-9(12)6-3-7-1-4-8(11)5-2-7/h1-6,11H,10H2/b6-3+. The van der Waals surface area contributed by atoms with Gasteiger partial charge in [-0.15, -0.1) is 0 Å². The van der Waals surface area contributed by atoms with Crippen molar-refractivity contribution in [3.63, 3.8) is 0 Å². The monoisotopic (exact) mass is 179 g/mol. The second kappa shape index (κ2) is 4.27. The molecule has 0 aliphatic carbocycles. The minimum Gasteiger partial charge on any atom is -0.508 e. The van der Waals surface area contributed by atoms with Gasteiger partial charge < -0.3 is 9.94 Å². The number of aromatic hydroxyl groups is 1. The molecule has 0 bridgehead atoms. The summed E-state index contributed by atoms with van der Waals surface area (Å²) in [6, 6.07) is 6.37. The first-order valence-electron chi connectivity index (χ1n) is 3.60. The van der Waals surface area contributed by atoms with Crippen LogP contribution < -0.4 is 5.90 Å². The highest BCUT2D eigenvalue weighted by Gasteiger charge is 1.92. The van der Waals surface area contributed by atoms with E-state index in [1.54, 1.807) is 12.1 Å². The van der Waals surface area contributed by atoms with Crippen molar-refractivity contribution in [3.05, 3.63) is 35.9 Å². The Kier molecular flexibility index (Phi) is 3.05. The van der Waals surface area contributed by atoms with Crippen LogP contribution in [0.15, 0.2) is 30.3 Å². The van der Waals surface area contributed by atoms with E-state index in [1.807, 2.05) is 0 Å². The van der Waals surface area contributed by atoms with E-state index >= 15 is 0 Å². The molecule has 0 aromatic heterocycles. The van der Waals surface area contributed by atoms with Gasteiger partial charge in [-0.05, 0) is 23.8 Å². The highest BCUT2D eigenvalue weighted by Crippen LogP contribution is 2.10. The minimum absolute atomic E-state index is 0.179. The van der Waals surface area contributed by atoms with E-state index in [1.165, 1.54) is 24.3 Å². The van der Waals surface area contributed by atoms with Crippen LogP contribution in [0.1, 0.15) is 5.56 Å². The molecule has 0 amide bonds. The average Bonchev–Trinajstić information content (AvgIpc) is 2.16. The third-order valence-corrected chi connectivity index (χ3v) is 1.42. The molecular formula is C9H9NO3. The molecule has 0 heterocycles. The normalized spacial score (nSPS) is 10.2. The van der Waals surface area contributed by atoms with Gasteiger partial charge in [-0.2, -0.15) is 5.90 Å². The van der Waals surface area contributed by atoms with Crippen LogP contribution in [0.5, 0.6) is 5.75 Å². The van der Waals surface area contributed by atoms with Crippen molar-refractivity contribution in [3.8, 4) is 5.75 Å². The molecule has 4 nitrogen and oxygen atoms in total. The van der Waals surface area contributed by atoms with E-state index in [4.69, 9.17) is 5.11 Å². The predicted octanol–water partition coefficient (Wildman–Crippen LogP) is 0.822. The number of carbonyl (C=O) groups is 1. The van der Waals surface area contributed by atoms with Gasteiger partial charge in [0.05, 0.1) is 0 Å². The number of rotatable bonds is 2. The lowest BCUT2D eigenvalue weighted by molar-refractivity contribution is -0.138. The molecule has 0 saturated heterocycles. The van der Waals surface area contributed by atoms with Crippen LogP contribution in [0.25, 0.3) is 6.08 Å². The Balaban J connectivity index is 2.69. The minimum atomic E-state index is -0.618. The van der Waals surface area contributed by atoms with Gasteiger partial charge in [0.15, 0.2) is 0 Å². The number of carbonyl (C=O) groups excluding carboxylic acids is 1. The lowest BCUT2D eigenvalue weighted by Crippen LogP contribution is -2.05. The largest absolute Gasteiger partial charge is 0.508 e. The van der Waals surface area contributed by atoms with E-state index in [0.717, 1.165) is 5.56 Å². The summed E-state index contributed by atoms with van der Waals surface area (Å²) in [4.78, 5) is 14.5. The number of nitrogens with two attached hydrogens (primary N) is 1. The van der Waals surface area contributed by atoms with Gasteiger partial charge in [-0.25, -0.2) is 4.79 Å². The molecule has 0 fully saturated rings. The summed E-state index contributed by atoms with van der Waals surface area (Å²) in [5.74, 6) is 4.18. The highest BCUT2D eigenvalue weighted by molar-refractivity contribution is 5.86. The predicted molar refractivity (Wildman–Crippen MR) is 47.4 cm³/mol. The molecule has 4 heteroatoms. The van der Waals surface area contributed by atoms with Gasteiger partial charge in [0.25, 0.3) is 0 Å². The van der Waals surface area contributed by atoms with E-state index < -0.39 is 5.97 Å². The Morgan fingerprint density at radius 1 is 1.38 bits per heavy atom. The summed E-state index contributed by atoms with van der Waals surface area (Å²) < 4.78 is 0. The van der Waals surface area contributed by atoms with Crippen LogP contribution in [0.2, 0.25) is 0 Å². The molecular weight excluding hydrogens is 170 g/mol. The first kappa shape index (κ1) is 9.28. The number of hydrogen-bond acceptors (Lipinski definition) is 4. The Hall–Kier alpha value is -1.81. The fourth-order valence-electron chi connectivity index (χ4n) is 0.789. The molecule has 0 spiro atoms. The fraction of sp³-hybridized carbons (Fsp3) is 0. The van der Waals surface area contributed by atoms with Crippen LogP contribution in [0, 0.1) is 0 Å². The lowest BCUT2D eigenvalue weighted by atomic mass is 10.2. The Labute approximate surface area is 75.2 Å². The molecule has 0 radical (unpaired) electrons. The van der Waals surface area contributed by atoms with Crippen molar-refractivity contribution < 1.29 is 14.7 Å². The maximum Gasteiger partial charge on any atom is 0.349 e. The van der Waals surface area contributed by atoms with Crippen LogP contribution in [-0.2, 0) is 9.63 Å². The zero-order chi connectivity index (χ0) is 9.68. The van der Waals surface area contributed by atoms with Gasteiger partial charge in [-0.1, -0.05) is 12.1 Å². The molecule has 3 N–H and O–H groups in total. The number of benzene rings is 1. The number of hydrogen-bond donors (Lipinski definition) is 2. The maximum atomic E-state index is 10.6. The molecule has 0 unspecified atom stereocenters. The van der Waals surface area contributed by atoms with Crippen molar-refractivity contribution in [2.75, 3.05) is 0 Å². The maximum absolute atomic E-state index is 10.6. The van der Waals surface area contributed by atoms with E-state index in [2.05, 4.69) is 10.7 Å². The summed E-state index contributed by atoms with van der Waals surface area (Å²) in [5, 5.41) is 8.94. The zero-order valence-corrected chi connectivity index (χ0v) is 6.81. The zero-order valence-electron chi connectivity index (χ0n) is 6.81. The van der Waals surface area contributed by atoms with E-state index in [0.29, 0.717) is 0 Å². The van der Waals surface area contributed by atoms with Crippen molar-refractivity contribution >= 4 is 12.0 Å². The average molecular weight is 179 g/mol. The number of phenols is 1. The van der Waals surface area contributed by atoms with Crippen molar-refractivity contribution in [1.29, 1.82) is 0 Å². The number of phenolic OH excluding ortho intramolecular Hbond substituents is 1. The van der Waals surface area contributed by atoms with Crippen LogP contribution in [0.3, 0.4) is 0 Å². The lowest BCUT2D eigenvalue weighted by Gasteiger charge is -1.93. The van der Waals surface area contributed by atoms with Crippen molar-refractivity contribution in [1.82, 2.24) is 0 Å². The molecule has 13 heavy (non-hydrogen) atoms. The third kappa shape index (κ3) is 2.96. The van der Waals surface area contributed by atoms with Crippen molar-refractivity contribution in [2.45, 2.75) is 0 Å². The van der Waals surface area contributed by atoms with Gasteiger partial charge in [0.1, 0.15) is 5.75 Å². The second-order valence-corrected chi connectivity index (χ2v) is 2.36. The first-order chi connectivity index (χ1) is 6.22. The van der Waals surface area contributed by atoms with Crippen LogP contribution in [0.4, 0.5) is 0 Å². The van der Waals surface area contributed by atoms with Gasteiger partial charge >= 0.3 is 5.97 Å². The Morgan fingerprint density at radius 2 is 2.00 bits per heavy atom. The summed E-state index contributed by atoms with van der Waals surface area (Å²) >= 11 is 0. The summed E-state index contributed by atoms with van der Waals surface area (Å²) in [7, 11) is 0. The fourth-order valence-corrected chi connectivity index (χ4v) is 0.789. The summed E-state index contributed by atoms with van der Waals surface area (Å²) in [6.07, 6.45) is 2.74. The van der Waals surface area contributed by atoms with Gasteiger partial charge in [0, 0.05) is 6.08 Å². The Bertz CT molecular complexity index is 316. The SMILES string of the molecule is NOC(=O)/C=C/c1ccc(O)cc1. The molecule has 0 aliphatic heterocycles. The molecule has 1 rings (SSSR count). The van der Waals surface area contributed by atoms with Crippen molar-refractivity contribution in [2.24, 2.45) is 5.90 Å². The van der Waals surface area contributed by atoms with E-state index in [-0.39, 0.29) is 5.75 Å². The van der Waals surface area contributed by atoms with E-state index in [9.17, 15) is 4.79 Å². The third-order valence-electron chi connectivity index (χ3n) is 1.42. The molecule has 68 valence electrons. The Morgan fingerprint density at radius 3 is 2.54 bits per heavy atom. The molecule has 1 aromatic rings. The van der Waals surface area contributed by atoms with Crippen LogP contribution in [-0.4, -0.2) is 11.1 Å². The molecule has 0 atom stereocenters. The van der Waals surface area contributed by atoms with Gasteiger partial charge in [0.2, 0.25) is 0 Å². The second-order valence-electron chi connectivity index (χ2n) is 2.36.